The summed E-state index contributed by atoms with van der Waals surface area (Å²) in [5.41, 5.74) is 3.75. The third kappa shape index (κ3) is 2.61. The molecule has 1 aliphatic heterocycles. The number of benzene rings is 1. The molecular weight excluding hydrogens is 236 g/mol. The van der Waals surface area contributed by atoms with Gasteiger partial charge in [0.15, 0.2) is 0 Å². The number of nitrogens with one attached hydrogen (secondary N) is 1. The van der Waals surface area contributed by atoms with Crippen LogP contribution in [0.2, 0.25) is 0 Å². The zero-order valence-electron chi connectivity index (χ0n) is 11.1. The topological polar surface area (TPSA) is 34.1 Å². The van der Waals surface area contributed by atoms with Gasteiger partial charge in [0.2, 0.25) is 0 Å². The van der Waals surface area contributed by atoms with Gasteiger partial charge in [0.05, 0.1) is 6.61 Å². The van der Waals surface area contributed by atoms with Crippen LogP contribution in [0.25, 0.3) is 0 Å². The summed E-state index contributed by atoms with van der Waals surface area (Å²) in [6, 6.07) is 10.8. The van der Waals surface area contributed by atoms with Crippen molar-refractivity contribution < 1.29 is 4.74 Å². The Labute approximate surface area is 113 Å². The number of hydrogen-bond donors (Lipinski definition) is 1. The van der Waals surface area contributed by atoms with Crippen molar-refractivity contribution in [3.05, 3.63) is 59.4 Å². The van der Waals surface area contributed by atoms with Crippen LogP contribution in [0.5, 0.6) is 5.75 Å². The van der Waals surface area contributed by atoms with Crippen LogP contribution in [-0.2, 0) is 6.54 Å². The van der Waals surface area contributed by atoms with E-state index in [9.17, 15) is 0 Å². The van der Waals surface area contributed by atoms with Crippen LogP contribution in [0.3, 0.4) is 0 Å². The molecule has 98 valence electrons. The number of rotatable bonds is 3. The van der Waals surface area contributed by atoms with E-state index in [2.05, 4.69) is 35.4 Å². The van der Waals surface area contributed by atoms with Crippen LogP contribution < -0.4 is 10.1 Å². The third-order valence-electron chi connectivity index (χ3n) is 3.57. The molecule has 0 radical (unpaired) electrons. The van der Waals surface area contributed by atoms with Crippen LogP contribution in [0.1, 0.15) is 29.2 Å². The Balaban J connectivity index is 1.75. The maximum atomic E-state index is 5.79. The summed E-state index contributed by atoms with van der Waals surface area (Å²) in [5, 5.41) is 3.61. The molecule has 0 aliphatic carbocycles. The highest BCUT2D eigenvalue weighted by Gasteiger charge is 2.21. The first-order valence-corrected chi connectivity index (χ1v) is 6.69. The van der Waals surface area contributed by atoms with Crippen molar-refractivity contribution in [2.75, 3.05) is 6.61 Å². The van der Waals surface area contributed by atoms with Crippen molar-refractivity contribution in [1.29, 1.82) is 0 Å². The van der Waals surface area contributed by atoms with Gasteiger partial charge in [0, 0.05) is 37.0 Å². The lowest BCUT2D eigenvalue weighted by atomic mass is 9.98. The average Bonchev–Trinajstić information content (AvgIpc) is 2.47. The van der Waals surface area contributed by atoms with Gasteiger partial charge in [-0.2, -0.15) is 0 Å². The second-order valence-electron chi connectivity index (χ2n) is 4.92. The normalized spacial score (nSPS) is 17.6. The van der Waals surface area contributed by atoms with Gasteiger partial charge < -0.3 is 10.1 Å². The van der Waals surface area contributed by atoms with E-state index in [0.29, 0.717) is 6.04 Å². The first kappa shape index (κ1) is 12.2. The highest BCUT2D eigenvalue weighted by atomic mass is 16.5. The molecule has 0 saturated heterocycles. The summed E-state index contributed by atoms with van der Waals surface area (Å²) in [6.07, 6.45) is 4.68. The number of para-hydroxylation sites is 1. The fraction of sp³-hybridized carbons (Fsp3) is 0.312. The molecule has 19 heavy (non-hydrogen) atoms. The van der Waals surface area contributed by atoms with Crippen LogP contribution in [-0.4, -0.2) is 11.6 Å². The third-order valence-corrected chi connectivity index (χ3v) is 3.57. The molecule has 1 atom stereocenters. The Morgan fingerprint density at radius 1 is 1.26 bits per heavy atom. The fourth-order valence-corrected chi connectivity index (χ4v) is 2.53. The van der Waals surface area contributed by atoms with E-state index < -0.39 is 0 Å². The minimum Gasteiger partial charge on any atom is -0.493 e. The van der Waals surface area contributed by atoms with Crippen molar-refractivity contribution in [2.45, 2.75) is 25.9 Å². The molecule has 0 spiro atoms. The predicted octanol–water partition coefficient (Wildman–Crippen LogP) is 3.00. The van der Waals surface area contributed by atoms with Crippen LogP contribution in [0, 0.1) is 6.92 Å². The molecule has 3 nitrogen and oxygen atoms in total. The minimum absolute atomic E-state index is 0.372. The molecular formula is C16H18N2O. The molecule has 2 heterocycles. The van der Waals surface area contributed by atoms with E-state index in [1.807, 2.05) is 24.5 Å². The van der Waals surface area contributed by atoms with E-state index in [4.69, 9.17) is 4.74 Å². The summed E-state index contributed by atoms with van der Waals surface area (Å²) in [7, 11) is 0. The highest BCUT2D eigenvalue weighted by molar-refractivity contribution is 5.43. The summed E-state index contributed by atoms with van der Waals surface area (Å²) < 4.78 is 5.79. The number of pyridine rings is 1. The summed E-state index contributed by atoms with van der Waals surface area (Å²) in [5.74, 6) is 1.06. The lowest BCUT2D eigenvalue weighted by molar-refractivity contribution is 0.250. The lowest BCUT2D eigenvalue weighted by Crippen LogP contribution is -2.27. The Morgan fingerprint density at radius 3 is 2.95 bits per heavy atom. The van der Waals surface area contributed by atoms with Crippen molar-refractivity contribution in [3.63, 3.8) is 0 Å². The van der Waals surface area contributed by atoms with Crippen LogP contribution >= 0.6 is 0 Å². The lowest BCUT2D eigenvalue weighted by Gasteiger charge is -2.28. The molecule has 1 N–H and O–H groups in total. The van der Waals surface area contributed by atoms with E-state index in [-0.39, 0.29) is 0 Å². The Bertz CT molecular complexity index is 554. The number of fused-ring (bicyclic) bond motifs is 1. The SMILES string of the molecule is Cc1cccc2c1OCC[C@@H]2NCc1ccncc1. The second-order valence-corrected chi connectivity index (χ2v) is 4.92. The first-order valence-electron chi connectivity index (χ1n) is 6.69. The van der Waals surface area contributed by atoms with Crippen LogP contribution in [0.15, 0.2) is 42.7 Å². The first-order chi connectivity index (χ1) is 9.34. The second kappa shape index (κ2) is 5.41. The zero-order chi connectivity index (χ0) is 13.1. The smallest absolute Gasteiger partial charge is 0.126 e. The molecule has 1 aromatic heterocycles. The minimum atomic E-state index is 0.372. The summed E-state index contributed by atoms with van der Waals surface area (Å²) in [6.45, 7) is 3.75. The van der Waals surface area contributed by atoms with E-state index in [1.165, 1.54) is 16.7 Å². The van der Waals surface area contributed by atoms with Crippen molar-refractivity contribution in [2.24, 2.45) is 0 Å². The molecule has 0 unspecified atom stereocenters. The van der Waals surface area contributed by atoms with Crippen molar-refractivity contribution >= 4 is 0 Å². The van der Waals surface area contributed by atoms with Gasteiger partial charge in [0.1, 0.15) is 5.75 Å². The van der Waals surface area contributed by atoms with Gasteiger partial charge in [-0.15, -0.1) is 0 Å². The highest BCUT2D eigenvalue weighted by Crippen LogP contribution is 2.34. The van der Waals surface area contributed by atoms with Gasteiger partial charge in [-0.1, -0.05) is 18.2 Å². The predicted molar refractivity (Wildman–Crippen MR) is 75.1 cm³/mol. The van der Waals surface area contributed by atoms with Crippen molar-refractivity contribution in [3.8, 4) is 5.75 Å². The molecule has 0 bridgehead atoms. The molecule has 2 aromatic rings. The number of hydrogen-bond acceptors (Lipinski definition) is 3. The van der Waals surface area contributed by atoms with Gasteiger partial charge in [-0.25, -0.2) is 0 Å². The zero-order valence-corrected chi connectivity index (χ0v) is 11.1. The van der Waals surface area contributed by atoms with E-state index >= 15 is 0 Å². The number of aromatic nitrogens is 1. The quantitative estimate of drug-likeness (QED) is 0.914. The number of aryl methyl sites for hydroxylation is 1. The Morgan fingerprint density at radius 2 is 2.11 bits per heavy atom. The van der Waals surface area contributed by atoms with Crippen LogP contribution in [0.4, 0.5) is 0 Å². The maximum Gasteiger partial charge on any atom is 0.126 e. The monoisotopic (exact) mass is 254 g/mol. The fourth-order valence-electron chi connectivity index (χ4n) is 2.53. The standard InChI is InChI=1S/C16H18N2O/c1-12-3-2-4-14-15(7-10-19-16(12)14)18-11-13-5-8-17-9-6-13/h2-6,8-9,15,18H,7,10-11H2,1H3/t15-/m0/s1. The maximum absolute atomic E-state index is 5.79. The van der Waals surface area contributed by atoms with E-state index in [1.54, 1.807) is 0 Å². The molecule has 0 saturated carbocycles. The van der Waals surface area contributed by atoms with Gasteiger partial charge in [0.25, 0.3) is 0 Å². The average molecular weight is 254 g/mol. The number of nitrogens with zero attached hydrogens (tertiary/aromatic N) is 1. The molecule has 1 aliphatic rings. The summed E-state index contributed by atoms with van der Waals surface area (Å²) >= 11 is 0. The molecule has 3 rings (SSSR count). The Hall–Kier alpha value is -1.87. The van der Waals surface area contributed by atoms with E-state index in [0.717, 1.165) is 25.3 Å². The Kier molecular flexibility index (Phi) is 3.47. The number of ether oxygens (including phenoxy) is 1. The molecule has 1 aromatic carbocycles. The van der Waals surface area contributed by atoms with Crippen molar-refractivity contribution in [1.82, 2.24) is 10.3 Å². The molecule has 0 amide bonds. The largest absolute Gasteiger partial charge is 0.493 e. The molecule has 3 heteroatoms. The van der Waals surface area contributed by atoms with Gasteiger partial charge >= 0.3 is 0 Å². The van der Waals surface area contributed by atoms with Gasteiger partial charge in [-0.05, 0) is 30.2 Å². The van der Waals surface area contributed by atoms with Gasteiger partial charge in [-0.3, -0.25) is 4.98 Å². The molecule has 0 fully saturated rings. The summed E-state index contributed by atoms with van der Waals surface area (Å²) in [4.78, 5) is 4.04.